The number of nitrogens with two attached hydrogens (primary N) is 1. The highest BCUT2D eigenvalue weighted by Crippen LogP contribution is 2.41. The van der Waals surface area contributed by atoms with Gasteiger partial charge in [0.05, 0.1) is 0 Å². The first-order valence-corrected chi connectivity index (χ1v) is 8.28. The van der Waals surface area contributed by atoms with Gasteiger partial charge in [0, 0.05) is 22.1 Å². The summed E-state index contributed by atoms with van der Waals surface area (Å²) in [5.41, 5.74) is 8.37. The van der Waals surface area contributed by atoms with Crippen LogP contribution in [0.25, 0.3) is 0 Å². The Labute approximate surface area is 139 Å². The molecule has 0 atom stereocenters. The molecule has 3 rings (SSSR count). The molecule has 0 heterocycles. The van der Waals surface area contributed by atoms with Crippen LogP contribution >= 0.6 is 15.9 Å². The summed E-state index contributed by atoms with van der Waals surface area (Å²) in [6, 6.07) is 16.0. The average molecular weight is 359 g/mol. The molecule has 4 heteroatoms. The zero-order valence-corrected chi connectivity index (χ0v) is 13.9. The maximum atomic E-state index is 11.3. The molecule has 1 amide bonds. The average Bonchev–Trinajstić information content (AvgIpc) is 2.48. The Morgan fingerprint density at radius 3 is 2.50 bits per heavy atom. The lowest BCUT2D eigenvalue weighted by Crippen LogP contribution is -2.47. The highest BCUT2D eigenvalue weighted by atomic mass is 79.9. The molecule has 3 N–H and O–H groups in total. The van der Waals surface area contributed by atoms with Crippen LogP contribution in [0, 0.1) is 0 Å². The third-order valence-electron chi connectivity index (χ3n) is 4.45. The number of carbonyl (C=O) groups is 1. The van der Waals surface area contributed by atoms with Crippen molar-refractivity contribution in [2.45, 2.75) is 31.3 Å². The summed E-state index contributed by atoms with van der Waals surface area (Å²) in [5.74, 6) is -0.381. The summed E-state index contributed by atoms with van der Waals surface area (Å²) in [4.78, 5) is 11.3. The predicted octanol–water partition coefficient (Wildman–Crippen LogP) is 3.72. The Morgan fingerprint density at radius 2 is 1.91 bits per heavy atom. The number of nitrogens with one attached hydrogen (secondary N) is 1. The Balaban J connectivity index is 1.75. The van der Waals surface area contributed by atoms with Gasteiger partial charge in [0.15, 0.2) is 0 Å². The fraction of sp³-hybridized carbons (Fsp3) is 0.278. The van der Waals surface area contributed by atoms with Gasteiger partial charge in [0.25, 0.3) is 0 Å². The number of amides is 1. The molecular weight excluding hydrogens is 340 g/mol. The quantitative estimate of drug-likeness (QED) is 0.855. The molecule has 1 saturated carbocycles. The lowest BCUT2D eigenvalue weighted by molar-refractivity contribution is 0.1000. The fourth-order valence-electron chi connectivity index (χ4n) is 2.97. The summed E-state index contributed by atoms with van der Waals surface area (Å²) >= 11 is 3.49. The van der Waals surface area contributed by atoms with Gasteiger partial charge in [-0.3, -0.25) is 4.79 Å². The molecule has 0 saturated heterocycles. The lowest BCUT2D eigenvalue weighted by Gasteiger charge is -2.43. The molecule has 2 aromatic rings. The zero-order valence-electron chi connectivity index (χ0n) is 12.3. The van der Waals surface area contributed by atoms with E-state index in [9.17, 15) is 4.79 Å². The van der Waals surface area contributed by atoms with Crippen LogP contribution in [-0.4, -0.2) is 5.91 Å². The standard InChI is InChI=1S/C18H19BrN2O/c19-16-7-5-15(6-8-16)18(9-2-10-18)21-12-13-3-1-4-14(11-13)17(20)22/h1,3-8,11,21H,2,9-10,12H2,(H2,20,22). The van der Waals surface area contributed by atoms with Crippen molar-refractivity contribution in [3.05, 3.63) is 69.7 Å². The highest BCUT2D eigenvalue weighted by molar-refractivity contribution is 9.10. The summed E-state index contributed by atoms with van der Waals surface area (Å²) < 4.78 is 1.10. The molecule has 0 bridgehead atoms. The van der Waals surface area contributed by atoms with Crippen molar-refractivity contribution in [3.63, 3.8) is 0 Å². The molecule has 3 nitrogen and oxygen atoms in total. The van der Waals surface area contributed by atoms with Gasteiger partial charge in [-0.2, -0.15) is 0 Å². The van der Waals surface area contributed by atoms with Crippen molar-refractivity contribution in [1.29, 1.82) is 0 Å². The Hall–Kier alpha value is -1.65. The molecule has 0 unspecified atom stereocenters. The highest BCUT2D eigenvalue weighted by Gasteiger charge is 2.37. The number of hydrogen-bond acceptors (Lipinski definition) is 2. The predicted molar refractivity (Wildman–Crippen MR) is 91.5 cm³/mol. The third kappa shape index (κ3) is 3.08. The van der Waals surface area contributed by atoms with E-state index in [0.717, 1.165) is 29.4 Å². The van der Waals surface area contributed by atoms with Gasteiger partial charge in [-0.1, -0.05) is 40.2 Å². The SMILES string of the molecule is NC(=O)c1cccc(CNC2(c3ccc(Br)cc3)CCC2)c1. The van der Waals surface area contributed by atoms with Crippen molar-refractivity contribution in [1.82, 2.24) is 5.32 Å². The fourth-order valence-corrected chi connectivity index (χ4v) is 3.24. The minimum absolute atomic E-state index is 0.0590. The maximum Gasteiger partial charge on any atom is 0.248 e. The number of hydrogen-bond donors (Lipinski definition) is 2. The van der Waals surface area contributed by atoms with Crippen LogP contribution in [0.15, 0.2) is 53.0 Å². The minimum Gasteiger partial charge on any atom is -0.366 e. The zero-order chi connectivity index (χ0) is 15.6. The molecule has 114 valence electrons. The molecule has 0 spiro atoms. The maximum absolute atomic E-state index is 11.3. The molecule has 22 heavy (non-hydrogen) atoms. The molecule has 1 fully saturated rings. The van der Waals surface area contributed by atoms with Crippen molar-refractivity contribution in [3.8, 4) is 0 Å². The summed E-state index contributed by atoms with van der Waals surface area (Å²) in [6.07, 6.45) is 3.53. The van der Waals surface area contributed by atoms with Crippen molar-refractivity contribution >= 4 is 21.8 Å². The largest absolute Gasteiger partial charge is 0.366 e. The molecule has 1 aliphatic carbocycles. The second-order valence-electron chi connectivity index (χ2n) is 5.86. The van der Waals surface area contributed by atoms with E-state index in [2.05, 4.69) is 45.5 Å². The molecule has 0 aromatic heterocycles. The van der Waals surface area contributed by atoms with Gasteiger partial charge in [-0.15, -0.1) is 0 Å². The van der Waals surface area contributed by atoms with Crippen molar-refractivity contribution < 1.29 is 4.79 Å². The first-order chi connectivity index (χ1) is 10.6. The van der Waals surface area contributed by atoms with E-state index < -0.39 is 0 Å². The number of rotatable bonds is 5. The smallest absolute Gasteiger partial charge is 0.248 e. The Bertz CT molecular complexity index is 678. The second-order valence-corrected chi connectivity index (χ2v) is 6.78. The van der Waals surface area contributed by atoms with E-state index in [4.69, 9.17) is 5.73 Å². The van der Waals surface area contributed by atoms with E-state index in [1.54, 1.807) is 6.07 Å². The van der Waals surface area contributed by atoms with E-state index >= 15 is 0 Å². The van der Waals surface area contributed by atoms with E-state index in [-0.39, 0.29) is 11.4 Å². The Kier molecular flexibility index (Phi) is 4.32. The lowest BCUT2D eigenvalue weighted by atomic mass is 9.71. The topological polar surface area (TPSA) is 55.1 Å². The minimum atomic E-state index is -0.381. The Morgan fingerprint density at radius 1 is 1.18 bits per heavy atom. The summed E-state index contributed by atoms with van der Waals surface area (Å²) in [7, 11) is 0. The van der Waals surface area contributed by atoms with Gasteiger partial charge in [-0.05, 0) is 54.7 Å². The van der Waals surface area contributed by atoms with Gasteiger partial charge in [0.2, 0.25) is 5.91 Å². The number of halogens is 1. The monoisotopic (exact) mass is 358 g/mol. The van der Waals surface area contributed by atoms with Gasteiger partial charge >= 0.3 is 0 Å². The van der Waals surface area contributed by atoms with E-state index in [1.165, 1.54) is 12.0 Å². The van der Waals surface area contributed by atoms with Crippen LogP contribution in [0.1, 0.15) is 40.7 Å². The molecule has 0 aliphatic heterocycles. The van der Waals surface area contributed by atoms with Gasteiger partial charge in [0.1, 0.15) is 0 Å². The molecule has 2 aromatic carbocycles. The van der Waals surface area contributed by atoms with Gasteiger partial charge in [-0.25, -0.2) is 0 Å². The van der Waals surface area contributed by atoms with Crippen LogP contribution in [0.4, 0.5) is 0 Å². The summed E-state index contributed by atoms with van der Waals surface area (Å²) in [5, 5.41) is 3.68. The molecule has 0 radical (unpaired) electrons. The first-order valence-electron chi connectivity index (χ1n) is 7.49. The van der Waals surface area contributed by atoms with Crippen LogP contribution in [0.5, 0.6) is 0 Å². The van der Waals surface area contributed by atoms with Crippen molar-refractivity contribution in [2.24, 2.45) is 5.73 Å². The van der Waals surface area contributed by atoms with E-state index in [1.807, 2.05) is 18.2 Å². The normalized spacial score (nSPS) is 16.0. The summed E-state index contributed by atoms with van der Waals surface area (Å²) in [6.45, 7) is 0.733. The number of carbonyl (C=O) groups excluding carboxylic acids is 1. The van der Waals surface area contributed by atoms with Crippen molar-refractivity contribution in [2.75, 3.05) is 0 Å². The van der Waals surface area contributed by atoms with Crippen LogP contribution in [0.3, 0.4) is 0 Å². The van der Waals surface area contributed by atoms with Crippen LogP contribution in [0.2, 0.25) is 0 Å². The number of primary amides is 1. The van der Waals surface area contributed by atoms with Crippen LogP contribution < -0.4 is 11.1 Å². The molecular formula is C18H19BrN2O. The first kappa shape index (κ1) is 15.3. The third-order valence-corrected chi connectivity index (χ3v) is 4.97. The van der Waals surface area contributed by atoms with Gasteiger partial charge < -0.3 is 11.1 Å². The van der Waals surface area contributed by atoms with E-state index in [0.29, 0.717) is 5.56 Å². The number of benzene rings is 2. The van der Waals surface area contributed by atoms with Crippen LogP contribution in [-0.2, 0) is 12.1 Å². The second kappa shape index (κ2) is 6.23. The molecule has 1 aliphatic rings.